The van der Waals surface area contributed by atoms with E-state index in [1.54, 1.807) is 7.11 Å². The second-order valence-electron chi connectivity index (χ2n) is 3.65. The molecule has 2 atom stereocenters. The Labute approximate surface area is 87.4 Å². The van der Waals surface area contributed by atoms with Crippen molar-refractivity contribution in [2.24, 2.45) is 0 Å². The third kappa shape index (κ3) is 2.69. The van der Waals surface area contributed by atoms with E-state index in [0.29, 0.717) is 12.1 Å². The van der Waals surface area contributed by atoms with Gasteiger partial charge in [0.15, 0.2) is 0 Å². The van der Waals surface area contributed by atoms with E-state index in [1.165, 1.54) is 12.8 Å². The van der Waals surface area contributed by atoms with Gasteiger partial charge in [0.25, 0.3) is 0 Å². The molecule has 0 radical (unpaired) electrons. The van der Waals surface area contributed by atoms with Crippen LogP contribution >= 0.6 is 0 Å². The Balaban J connectivity index is 0.000000461. The highest BCUT2D eigenvalue weighted by molar-refractivity contribution is 4.89. The lowest BCUT2D eigenvalue weighted by Gasteiger charge is -2.33. The highest BCUT2D eigenvalue weighted by atomic mass is 16.5. The fourth-order valence-electron chi connectivity index (χ4n) is 2.32. The zero-order chi connectivity index (χ0) is 10.4. The van der Waals surface area contributed by atoms with Crippen LogP contribution in [0.1, 0.15) is 26.7 Å². The lowest BCUT2D eigenvalue weighted by molar-refractivity contribution is -0.0156. The van der Waals surface area contributed by atoms with Gasteiger partial charge in [-0.05, 0) is 12.8 Å². The minimum Gasteiger partial charge on any atom is -0.383 e. The maximum Gasteiger partial charge on any atom is 0.0622 e. The van der Waals surface area contributed by atoms with E-state index in [1.807, 2.05) is 13.8 Å². The molecule has 1 unspecified atom stereocenters. The Bertz CT molecular complexity index is 152. The van der Waals surface area contributed by atoms with Gasteiger partial charge < -0.3 is 9.47 Å². The van der Waals surface area contributed by atoms with Crippen molar-refractivity contribution < 1.29 is 9.47 Å². The predicted octanol–water partition coefficient (Wildman–Crippen LogP) is 1.52. The summed E-state index contributed by atoms with van der Waals surface area (Å²) in [4.78, 5) is 2.55. The smallest absolute Gasteiger partial charge is 0.0622 e. The molecule has 2 heterocycles. The lowest BCUT2D eigenvalue weighted by Crippen LogP contribution is -2.46. The molecule has 2 aliphatic rings. The van der Waals surface area contributed by atoms with E-state index in [9.17, 15) is 0 Å². The Kier molecular flexibility index (Phi) is 5.45. The van der Waals surface area contributed by atoms with E-state index in [2.05, 4.69) is 4.90 Å². The van der Waals surface area contributed by atoms with Gasteiger partial charge in [0, 0.05) is 25.7 Å². The van der Waals surface area contributed by atoms with Gasteiger partial charge in [-0.25, -0.2) is 0 Å². The minimum absolute atomic E-state index is 0.656. The zero-order valence-corrected chi connectivity index (χ0v) is 9.66. The Morgan fingerprint density at radius 1 is 1.36 bits per heavy atom. The molecule has 0 bridgehead atoms. The van der Waals surface area contributed by atoms with Crippen LogP contribution < -0.4 is 0 Å². The van der Waals surface area contributed by atoms with Crippen LogP contribution in [0, 0.1) is 0 Å². The number of nitrogens with zero attached hydrogens (tertiary/aromatic N) is 1. The number of rotatable bonds is 2. The molecule has 2 saturated heterocycles. The van der Waals surface area contributed by atoms with Gasteiger partial charge >= 0.3 is 0 Å². The number of ether oxygens (including phenoxy) is 2. The van der Waals surface area contributed by atoms with Crippen molar-refractivity contribution in [1.29, 1.82) is 0 Å². The molecule has 0 N–H and O–H groups in total. The molecule has 2 aliphatic heterocycles. The van der Waals surface area contributed by atoms with Crippen molar-refractivity contribution in [1.82, 2.24) is 4.90 Å². The molecular weight excluding hydrogens is 178 g/mol. The van der Waals surface area contributed by atoms with E-state index < -0.39 is 0 Å². The second-order valence-corrected chi connectivity index (χ2v) is 3.65. The molecule has 0 aromatic rings. The van der Waals surface area contributed by atoms with Gasteiger partial charge in [0.05, 0.1) is 19.8 Å². The number of hydrogen-bond acceptors (Lipinski definition) is 3. The molecule has 0 aliphatic carbocycles. The van der Waals surface area contributed by atoms with Crippen molar-refractivity contribution in [3.8, 4) is 0 Å². The van der Waals surface area contributed by atoms with Crippen LogP contribution in [0.15, 0.2) is 0 Å². The SMILES string of the molecule is CC.COC[C@@H]1CCC2COCCN21. The molecule has 0 aromatic carbocycles. The lowest BCUT2D eigenvalue weighted by atomic mass is 10.2. The second kappa shape index (κ2) is 6.38. The Hall–Kier alpha value is -0.120. The van der Waals surface area contributed by atoms with Gasteiger partial charge in [0.2, 0.25) is 0 Å². The third-order valence-corrected chi connectivity index (χ3v) is 2.93. The largest absolute Gasteiger partial charge is 0.383 e. The molecule has 84 valence electrons. The highest BCUT2D eigenvalue weighted by Crippen LogP contribution is 2.26. The van der Waals surface area contributed by atoms with Gasteiger partial charge in [-0.3, -0.25) is 4.90 Å². The standard InChI is InChI=1S/C9H17NO2.C2H6/c1-11-6-8-2-3-9-7-12-5-4-10(8)9;1-2/h8-9H,2-7H2,1H3;1-2H3/t8-,9?;/m0./s1. The first-order valence-electron chi connectivity index (χ1n) is 5.74. The molecule has 0 saturated carbocycles. The topological polar surface area (TPSA) is 21.7 Å². The number of methoxy groups -OCH3 is 1. The van der Waals surface area contributed by atoms with E-state index in [0.717, 1.165) is 26.4 Å². The van der Waals surface area contributed by atoms with E-state index >= 15 is 0 Å². The van der Waals surface area contributed by atoms with Crippen LogP contribution in [0.2, 0.25) is 0 Å². The molecule has 0 spiro atoms. The first-order valence-corrected chi connectivity index (χ1v) is 5.74. The maximum atomic E-state index is 5.43. The summed E-state index contributed by atoms with van der Waals surface area (Å²) in [6.45, 7) is 7.81. The van der Waals surface area contributed by atoms with Crippen molar-refractivity contribution in [3.63, 3.8) is 0 Å². The normalized spacial score (nSPS) is 31.9. The summed E-state index contributed by atoms with van der Waals surface area (Å²) >= 11 is 0. The van der Waals surface area contributed by atoms with Crippen molar-refractivity contribution in [2.45, 2.75) is 38.8 Å². The van der Waals surface area contributed by atoms with Crippen LogP contribution in [0.4, 0.5) is 0 Å². The Morgan fingerprint density at radius 3 is 2.86 bits per heavy atom. The van der Waals surface area contributed by atoms with Crippen LogP contribution in [0.5, 0.6) is 0 Å². The fourth-order valence-corrected chi connectivity index (χ4v) is 2.32. The first kappa shape index (κ1) is 12.0. The summed E-state index contributed by atoms with van der Waals surface area (Å²) in [5.41, 5.74) is 0. The summed E-state index contributed by atoms with van der Waals surface area (Å²) in [5.74, 6) is 0. The molecule has 3 nitrogen and oxygen atoms in total. The summed E-state index contributed by atoms with van der Waals surface area (Å²) in [7, 11) is 1.79. The molecule has 0 amide bonds. The van der Waals surface area contributed by atoms with Crippen LogP contribution in [-0.2, 0) is 9.47 Å². The zero-order valence-electron chi connectivity index (χ0n) is 9.66. The fraction of sp³-hybridized carbons (Fsp3) is 1.00. The number of morpholine rings is 1. The maximum absolute atomic E-state index is 5.43. The third-order valence-electron chi connectivity index (χ3n) is 2.93. The van der Waals surface area contributed by atoms with Gasteiger partial charge in [-0.15, -0.1) is 0 Å². The first-order chi connectivity index (χ1) is 6.92. The quantitative estimate of drug-likeness (QED) is 0.676. The molecule has 14 heavy (non-hydrogen) atoms. The average molecular weight is 201 g/mol. The van der Waals surface area contributed by atoms with Gasteiger partial charge in [-0.2, -0.15) is 0 Å². The average Bonchev–Trinajstić information content (AvgIpc) is 2.66. The molecule has 2 fully saturated rings. The monoisotopic (exact) mass is 201 g/mol. The predicted molar refractivity (Wildman–Crippen MR) is 57.6 cm³/mol. The number of fused-ring (bicyclic) bond motifs is 1. The molecular formula is C11H23NO2. The van der Waals surface area contributed by atoms with Crippen LogP contribution in [0.3, 0.4) is 0 Å². The van der Waals surface area contributed by atoms with Gasteiger partial charge in [-0.1, -0.05) is 13.8 Å². The number of hydrogen-bond donors (Lipinski definition) is 0. The summed E-state index contributed by atoms with van der Waals surface area (Å²) in [5, 5.41) is 0. The summed E-state index contributed by atoms with van der Waals surface area (Å²) in [6.07, 6.45) is 2.57. The van der Waals surface area contributed by atoms with Crippen molar-refractivity contribution in [2.75, 3.05) is 33.5 Å². The minimum atomic E-state index is 0.656. The highest BCUT2D eigenvalue weighted by Gasteiger charge is 2.34. The molecule has 2 rings (SSSR count). The van der Waals surface area contributed by atoms with Crippen LogP contribution in [-0.4, -0.2) is 50.5 Å². The van der Waals surface area contributed by atoms with Gasteiger partial charge in [0.1, 0.15) is 0 Å². The van der Waals surface area contributed by atoms with Crippen molar-refractivity contribution >= 4 is 0 Å². The van der Waals surface area contributed by atoms with Crippen LogP contribution in [0.25, 0.3) is 0 Å². The summed E-state index contributed by atoms with van der Waals surface area (Å²) < 4.78 is 10.6. The van der Waals surface area contributed by atoms with Crippen molar-refractivity contribution in [3.05, 3.63) is 0 Å². The molecule has 3 heteroatoms. The van der Waals surface area contributed by atoms with E-state index in [4.69, 9.17) is 9.47 Å². The summed E-state index contributed by atoms with van der Waals surface area (Å²) in [6, 6.07) is 1.34. The molecule has 0 aromatic heterocycles. The Morgan fingerprint density at radius 2 is 2.14 bits per heavy atom. The van der Waals surface area contributed by atoms with E-state index in [-0.39, 0.29) is 0 Å².